The van der Waals surface area contributed by atoms with Crippen LogP contribution in [-0.4, -0.2) is 69.2 Å². The summed E-state index contributed by atoms with van der Waals surface area (Å²) in [4.78, 5) is 56.2. The Morgan fingerprint density at radius 3 is 2.54 bits per heavy atom. The minimum Gasteiger partial charge on any atom is -0.508 e. The number of fused-ring (bicyclic) bond motifs is 1. The minimum atomic E-state index is -1.03. The Kier molecular flexibility index (Phi) is 9.08. The van der Waals surface area contributed by atoms with Crippen molar-refractivity contribution in [3.05, 3.63) is 65.9 Å². The zero-order valence-corrected chi connectivity index (χ0v) is 22.1. The molecule has 11 heteroatoms. The van der Waals surface area contributed by atoms with Crippen LogP contribution >= 0.6 is 11.6 Å². The topological polar surface area (TPSA) is 158 Å². The van der Waals surface area contributed by atoms with Crippen LogP contribution in [0.5, 0.6) is 5.75 Å². The predicted octanol–water partition coefficient (Wildman–Crippen LogP) is 1.73. The zero-order valence-electron chi connectivity index (χ0n) is 21.4. The molecule has 0 unspecified atom stereocenters. The molecular weight excluding hydrogens is 522 g/mol. The highest BCUT2D eigenvalue weighted by Gasteiger charge is 2.37. The number of halogens is 1. The van der Waals surface area contributed by atoms with Gasteiger partial charge in [0.15, 0.2) is 0 Å². The molecule has 0 saturated carbocycles. The van der Waals surface area contributed by atoms with Gasteiger partial charge in [-0.15, -0.1) is 11.6 Å². The number of piperidine rings is 1. The van der Waals surface area contributed by atoms with Crippen LogP contribution in [0.25, 0.3) is 10.9 Å². The summed E-state index contributed by atoms with van der Waals surface area (Å²) in [5.74, 6) is -2.30. The standard InChI is InChI=1S/C28H32ClN5O5/c29-15-25(36)32-23(12-17-6-2-1-3-7-17)28(39)34-11-5-4-8-24(34)27(38)33-22(26(30)37)13-18-16-31-21-10-9-19(35)14-20(18)21/h1-3,6-7,9-10,14,16,22-24,31,35H,4-5,8,11-13,15H2,(H2,30,37)(H,32,36)(H,33,38)/t22-,23-,24-/m0/s1. The van der Waals surface area contributed by atoms with Crippen LogP contribution < -0.4 is 16.4 Å². The van der Waals surface area contributed by atoms with Crippen molar-refractivity contribution in [3.63, 3.8) is 0 Å². The van der Waals surface area contributed by atoms with Crippen molar-refractivity contribution >= 4 is 46.1 Å². The van der Waals surface area contributed by atoms with Gasteiger partial charge in [-0.2, -0.15) is 0 Å². The molecule has 39 heavy (non-hydrogen) atoms. The normalized spacial score (nSPS) is 16.8. The van der Waals surface area contributed by atoms with E-state index in [1.54, 1.807) is 24.4 Å². The first-order chi connectivity index (χ1) is 18.8. The molecule has 206 valence electrons. The van der Waals surface area contributed by atoms with E-state index in [2.05, 4.69) is 15.6 Å². The number of amides is 4. The van der Waals surface area contributed by atoms with Gasteiger partial charge in [0.1, 0.15) is 29.8 Å². The number of carbonyl (C=O) groups excluding carboxylic acids is 4. The molecular formula is C28H32ClN5O5. The summed E-state index contributed by atoms with van der Waals surface area (Å²) >= 11 is 5.70. The summed E-state index contributed by atoms with van der Waals surface area (Å²) in [6.07, 6.45) is 3.89. The van der Waals surface area contributed by atoms with E-state index in [0.717, 1.165) is 17.5 Å². The Balaban J connectivity index is 1.51. The van der Waals surface area contributed by atoms with E-state index in [0.29, 0.717) is 30.3 Å². The molecule has 1 aliphatic rings. The zero-order chi connectivity index (χ0) is 27.9. The van der Waals surface area contributed by atoms with E-state index in [9.17, 15) is 24.3 Å². The van der Waals surface area contributed by atoms with Crippen molar-refractivity contribution in [2.24, 2.45) is 5.73 Å². The summed E-state index contributed by atoms with van der Waals surface area (Å²) in [6, 6.07) is 11.3. The van der Waals surface area contributed by atoms with Crippen LogP contribution in [0.15, 0.2) is 54.7 Å². The van der Waals surface area contributed by atoms with Crippen LogP contribution in [0.4, 0.5) is 0 Å². The van der Waals surface area contributed by atoms with Gasteiger partial charge < -0.3 is 31.4 Å². The number of hydrogen-bond donors (Lipinski definition) is 5. The van der Waals surface area contributed by atoms with E-state index >= 15 is 0 Å². The molecule has 10 nitrogen and oxygen atoms in total. The first-order valence-corrected chi connectivity index (χ1v) is 13.4. The lowest BCUT2D eigenvalue weighted by atomic mass is 9.97. The molecule has 0 bridgehead atoms. The quantitative estimate of drug-likeness (QED) is 0.242. The molecule has 1 fully saturated rings. The molecule has 4 amide bonds. The Morgan fingerprint density at radius 2 is 1.82 bits per heavy atom. The average molecular weight is 554 g/mol. The Morgan fingerprint density at radius 1 is 1.05 bits per heavy atom. The summed E-state index contributed by atoms with van der Waals surface area (Å²) < 4.78 is 0. The third kappa shape index (κ3) is 6.88. The van der Waals surface area contributed by atoms with Gasteiger partial charge in [-0.1, -0.05) is 30.3 Å². The molecule has 1 saturated heterocycles. The monoisotopic (exact) mass is 553 g/mol. The number of aromatic hydroxyl groups is 1. The van der Waals surface area contributed by atoms with E-state index in [1.807, 2.05) is 30.3 Å². The van der Waals surface area contributed by atoms with Crippen molar-refractivity contribution in [1.29, 1.82) is 0 Å². The van der Waals surface area contributed by atoms with Gasteiger partial charge >= 0.3 is 0 Å². The summed E-state index contributed by atoms with van der Waals surface area (Å²) in [5.41, 5.74) is 7.97. The van der Waals surface area contributed by atoms with Crippen molar-refractivity contribution in [1.82, 2.24) is 20.5 Å². The number of likely N-dealkylation sites (tertiary alicyclic amines) is 1. The molecule has 0 spiro atoms. The second kappa shape index (κ2) is 12.7. The van der Waals surface area contributed by atoms with Crippen molar-refractivity contribution in [2.45, 2.75) is 50.2 Å². The number of nitrogens with two attached hydrogens (primary N) is 1. The Bertz CT molecular complexity index is 1340. The maximum Gasteiger partial charge on any atom is 0.246 e. The van der Waals surface area contributed by atoms with Gasteiger partial charge in [0.2, 0.25) is 23.6 Å². The third-order valence-corrected chi connectivity index (χ3v) is 7.20. The number of aromatic nitrogens is 1. The lowest BCUT2D eigenvalue weighted by Crippen LogP contribution is -2.60. The SMILES string of the molecule is NC(=O)[C@H](Cc1c[nH]c2ccc(O)cc12)NC(=O)[C@@H]1CCCCN1C(=O)[C@H](Cc1ccccc1)NC(=O)CCl. The highest BCUT2D eigenvalue weighted by molar-refractivity contribution is 6.27. The maximum absolute atomic E-state index is 13.7. The molecule has 0 radical (unpaired) electrons. The fraction of sp³-hybridized carbons (Fsp3) is 0.357. The number of nitrogens with one attached hydrogen (secondary N) is 3. The van der Waals surface area contributed by atoms with Gasteiger partial charge in [-0.3, -0.25) is 19.2 Å². The number of nitrogens with zero attached hydrogens (tertiary/aromatic N) is 1. The highest BCUT2D eigenvalue weighted by atomic mass is 35.5. The molecule has 4 rings (SSSR count). The van der Waals surface area contributed by atoms with Gasteiger partial charge in [0.05, 0.1) is 0 Å². The molecule has 1 aromatic heterocycles. The molecule has 6 N–H and O–H groups in total. The van der Waals surface area contributed by atoms with Crippen LogP contribution in [0.1, 0.15) is 30.4 Å². The number of alkyl halides is 1. The van der Waals surface area contributed by atoms with E-state index < -0.39 is 35.8 Å². The molecule has 1 aliphatic heterocycles. The van der Waals surface area contributed by atoms with Crippen LogP contribution in [0.3, 0.4) is 0 Å². The first kappa shape index (κ1) is 28.0. The van der Waals surface area contributed by atoms with E-state index in [-0.39, 0.29) is 30.4 Å². The summed E-state index contributed by atoms with van der Waals surface area (Å²) in [5, 5.41) is 16.0. The lowest BCUT2D eigenvalue weighted by molar-refractivity contribution is -0.145. The predicted molar refractivity (Wildman–Crippen MR) is 147 cm³/mol. The first-order valence-electron chi connectivity index (χ1n) is 12.8. The molecule has 2 aromatic carbocycles. The fourth-order valence-corrected chi connectivity index (χ4v) is 5.07. The number of aromatic amines is 1. The number of carbonyl (C=O) groups is 4. The van der Waals surface area contributed by atoms with Crippen molar-refractivity contribution in [3.8, 4) is 5.75 Å². The van der Waals surface area contributed by atoms with Gasteiger partial charge in [-0.05, 0) is 48.6 Å². The number of phenols is 1. The fourth-order valence-electron chi connectivity index (χ4n) is 5.00. The van der Waals surface area contributed by atoms with Crippen LogP contribution in [-0.2, 0) is 32.0 Å². The molecule has 2 heterocycles. The largest absolute Gasteiger partial charge is 0.508 e. The number of primary amides is 1. The molecule has 0 aliphatic carbocycles. The molecule has 3 aromatic rings. The maximum atomic E-state index is 13.7. The smallest absolute Gasteiger partial charge is 0.246 e. The number of hydrogen-bond acceptors (Lipinski definition) is 5. The Labute approximate surface area is 230 Å². The minimum absolute atomic E-state index is 0.0747. The number of rotatable bonds is 10. The highest BCUT2D eigenvalue weighted by Crippen LogP contribution is 2.24. The van der Waals surface area contributed by atoms with Crippen LogP contribution in [0, 0.1) is 0 Å². The lowest BCUT2D eigenvalue weighted by Gasteiger charge is -2.37. The second-order valence-electron chi connectivity index (χ2n) is 9.70. The van der Waals surface area contributed by atoms with Gasteiger partial charge in [0.25, 0.3) is 0 Å². The van der Waals surface area contributed by atoms with Crippen molar-refractivity contribution < 1.29 is 24.3 Å². The number of H-pyrrole nitrogens is 1. The third-order valence-electron chi connectivity index (χ3n) is 6.96. The molecule has 3 atom stereocenters. The number of phenolic OH excluding ortho intramolecular Hbond substituents is 1. The number of benzene rings is 2. The van der Waals surface area contributed by atoms with E-state index in [4.69, 9.17) is 17.3 Å². The summed E-state index contributed by atoms with van der Waals surface area (Å²) in [7, 11) is 0. The Hall–Kier alpha value is -4.05. The van der Waals surface area contributed by atoms with Crippen LogP contribution in [0.2, 0.25) is 0 Å². The van der Waals surface area contributed by atoms with Gasteiger partial charge in [-0.25, -0.2) is 0 Å². The van der Waals surface area contributed by atoms with E-state index in [1.165, 1.54) is 4.90 Å². The van der Waals surface area contributed by atoms with Crippen molar-refractivity contribution in [2.75, 3.05) is 12.4 Å². The summed E-state index contributed by atoms with van der Waals surface area (Å²) in [6.45, 7) is 0.335. The second-order valence-corrected chi connectivity index (χ2v) is 9.97. The van der Waals surface area contributed by atoms with Gasteiger partial charge in [0, 0.05) is 36.5 Å². The average Bonchev–Trinajstić information content (AvgIpc) is 3.33.